The molecule has 4 atom stereocenters. The number of nitrogens with zero attached hydrogens (tertiary/aromatic N) is 1. The van der Waals surface area contributed by atoms with Crippen LogP contribution in [0.4, 0.5) is 4.79 Å². The SMILES string of the molecule is CN(C)[C@H]1[C@H](NC(=O)NCc2ccco2)[C@@H]2CCO[C@@H]21. The van der Waals surface area contributed by atoms with Crippen LogP contribution >= 0.6 is 0 Å². The van der Waals surface area contributed by atoms with Crippen LogP contribution in [-0.4, -0.2) is 49.8 Å². The Hall–Kier alpha value is -1.53. The zero-order valence-electron chi connectivity index (χ0n) is 11.8. The standard InChI is InChI=1S/C14H21N3O3/c1-17(2)12-11(10-5-7-20-13(10)12)16-14(18)15-8-9-4-3-6-19-9/h3-4,6,10-13H,5,7-8H2,1-2H3,(H2,15,16,18)/t10-,11+,12-,13-/m0/s1. The van der Waals surface area contributed by atoms with Crippen molar-refractivity contribution >= 4 is 6.03 Å². The van der Waals surface area contributed by atoms with Gasteiger partial charge in [-0.1, -0.05) is 0 Å². The molecule has 2 amide bonds. The van der Waals surface area contributed by atoms with Gasteiger partial charge in [0, 0.05) is 12.5 Å². The molecule has 0 spiro atoms. The van der Waals surface area contributed by atoms with Crippen LogP contribution in [0, 0.1) is 5.92 Å². The van der Waals surface area contributed by atoms with Crippen molar-refractivity contribution in [3.05, 3.63) is 24.2 Å². The van der Waals surface area contributed by atoms with Crippen LogP contribution in [0.1, 0.15) is 12.2 Å². The summed E-state index contributed by atoms with van der Waals surface area (Å²) in [4.78, 5) is 14.1. The molecule has 1 saturated heterocycles. The Kier molecular flexibility index (Phi) is 3.67. The summed E-state index contributed by atoms with van der Waals surface area (Å²) in [7, 11) is 4.05. The molecule has 1 aliphatic heterocycles. The topological polar surface area (TPSA) is 66.7 Å². The molecule has 20 heavy (non-hydrogen) atoms. The van der Waals surface area contributed by atoms with E-state index in [1.807, 2.05) is 26.2 Å². The zero-order chi connectivity index (χ0) is 14.1. The Morgan fingerprint density at radius 3 is 3.05 bits per heavy atom. The van der Waals surface area contributed by atoms with Gasteiger partial charge in [0.25, 0.3) is 0 Å². The Bertz CT molecular complexity index is 460. The minimum atomic E-state index is -0.149. The van der Waals surface area contributed by atoms with E-state index in [0.29, 0.717) is 12.5 Å². The molecule has 2 fully saturated rings. The molecule has 1 aromatic heterocycles. The van der Waals surface area contributed by atoms with Gasteiger partial charge in [0.15, 0.2) is 0 Å². The van der Waals surface area contributed by atoms with Crippen molar-refractivity contribution in [1.82, 2.24) is 15.5 Å². The normalized spacial score (nSPS) is 31.8. The molecule has 6 nitrogen and oxygen atoms in total. The number of ether oxygens (including phenoxy) is 1. The van der Waals surface area contributed by atoms with Crippen LogP contribution in [0.25, 0.3) is 0 Å². The molecule has 6 heteroatoms. The van der Waals surface area contributed by atoms with Gasteiger partial charge in [-0.2, -0.15) is 0 Å². The Morgan fingerprint density at radius 2 is 2.35 bits per heavy atom. The summed E-state index contributed by atoms with van der Waals surface area (Å²) in [5.41, 5.74) is 0. The third kappa shape index (κ3) is 2.41. The lowest BCUT2D eigenvalue weighted by Crippen LogP contribution is -2.70. The molecule has 3 rings (SSSR count). The first-order valence-electron chi connectivity index (χ1n) is 7.01. The molecule has 2 heterocycles. The monoisotopic (exact) mass is 279 g/mol. The smallest absolute Gasteiger partial charge is 0.315 e. The molecule has 1 aromatic rings. The number of amides is 2. The Balaban J connectivity index is 1.52. The second-order valence-electron chi connectivity index (χ2n) is 5.67. The zero-order valence-corrected chi connectivity index (χ0v) is 11.8. The number of nitrogens with one attached hydrogen (secondary N) is 2. The van der Waals surface area contributed by atoms with Crippen LogP contribution in [0.5, 0.6) is 0 Å². The van der Waals surface area contributed by atoms with E-state index in [1.54, 1.807) is 6.26 Å². The number of furan rings is 1. The number of urea groups is 1. The van der Waals surface area contributed by atoms with Gasteiger partial charge in [0.2, 0.25) is 0 Å². The van der Waals surface area contributed by atoms with Crippen LogP contribution in [0.2, 0.25) is 0 Å². The summed E-state index contributed by atoms with van der Waals surface area (Å²) < 4.78 is 10.9. The maximum Gasteiger partial charge on any atom is 0.315 e. The number of fused-ring (bicyclic) bond motifs is 1. The largest absolute Gasteiger partial charge is 0.467 e. The third-order valence-electron chi connectivity index (χ3n) is 4.25. The maximum atomic E-state index is 12.0. The van der Waals surface area contributed by atoms with Gasteiger partial charge < -0.3 is 24.7 Å². The highest BCUT2D eigenvalue weighted by Crippen LogP contribution is 2.40. The van der Waals surface area contributed by atoms with Gasteiger partial charge in [-0.3, -0.25) is 0 Å². The molecule has 0 bridgehead atoms. The van der Waals surface area contributed by atoms with E-state index in [-0.39, 0.29) is 24.2 Å². The van der Waals surface area contributed by atoms with Crippen LogP contribution in [0.3, 0.4) is 0 Å². The Labute approximate surface area is 118 Å². The summed E-state index contributed by atoms with van der Waals surface area (Å²) in [5.74, 6) is 1.19. The quantitative estimate of drug-likeness (QED) is 0.855. The molecule has 2 aliphatic rings. The first kappa shape index (κ1) is 13.5. The summed E-state index contributed by atoms with van der Waals surface area (Å²) in [6.07, 6.45) is 2.89. The van der Waals surface area contributed by atoms with Crippen molar-refractivity contribution in [1.29, 1.82) is 0 Å². The number of carbonyl (C=O) groups excluding carboxylic acids is 1. The number of hydrogen-bond acceptors (Lipinski definition) is 4. The molecule has 2 N–H and O–H groups in total. The third-order valence-corrected chi connectivity index (χ3v) is 4.25. The van der Waals surface area contributed by atoms with Crippen LogP contribution < -0.4 is 10.6 Å². The molecule has 1 saturated carbocycles. The van der Waals surface area contributed by atoms with E-state index in [4.69, 9.17) is 9.15 Å². The molecule has 0 radical (unpaired) electrons. The fourth-order valence-electron chi connectivity index (χ4n) is 3.27. The van der Waals surface area contributed by atoms with E-state index < -0.39 is 0 Å². The molecule has 1 aliphatic carbocycles. The Morgan fingerprint density at radius 1 is 1.50 bits per heavy atom. The fraction of sp³-hybridized carbons (Fsp3) is 0.643. The minimum absolute atomic E-state index is 0.149. The lowest BCUT2D eigenvalue weighted by Gasteiger charge is -2.50. The molecule has 0 aromatic carbocycles. The van der Waals surface area contributed by atoms with Gasteiger partial charge in [-0.05, 0) is 32.6 Å². The van der Waals surface area contributed by atoms with Crippen molar-refractivity contribution in [3.63, 3.8) is 0 Å². The lowest BCUT2D eigenvalue weighted by atomic mass is 9.71. The average molecular weight is 279 g/mol. The van der Waals surface area contributed by atoms with E-state index in [2.05, 4.69) is 15.5 Å². The highest BCUT2D eigenvalue weighted by Gasteiger charge is 2.55. The van der Waals surface area contributed by atoms with Crippen molar-refractivity contribution in [3.8, 4) is 0 Å². The lowest BCUT2D eigenvalue weighted by molar-refractivity contribution is -0.0654. The number of carbonyl (C=O) groups is 1. The molecular formula is C14H21N3O3. The van der Waals surface area contributed by atoms with E-state index >= 15 is 0 Å². The fourth-order valence-corrected chi connectivity index (χ4v) is 3.27. The maximum absolute atomic E-state index is 12.0. The summed E-state index contributed by atoms with van der Waals surface area (Å²) in [6.45, 7) is 1.20. The van der Waals surface area contributed by atoms with Crippen molar-refractivity contribution in [2.24, 2.45) is 5.92 Å². The molecule has 0 unspecified atom stereocenters. The number of rotatable bonds is 4. The van der Waals surface area contributed by atoms with Gasteiger partial charge in [-0.15, -0.1) is 0 Å². The number of likely N-dealkylation sites (N-methyl/N-ethyl adjacent to an activating group) is 1. The average Bonchev–Trinajstić information content (AvgIpc) is 3.02. The van der Waals surface area contributed by atoms with Crippen molar-refractivity contribution in [2.75, 3.05) is 20.7 Å². The first-order valence-corrected chi connectivity index (χ1v) is 7.01. The van der Waals surface area contributed by atoms with E-state index in [9.17, 15) is 4.79 Å². The van der Waals surface area contributed by atoms with Crippen LogP contribution in [-0.2, 0) is 11.3 Å². The van der Waals surface area contributed by atoms with E-state index in [1.165, 1.54) is 0 Å². The van der Waals surface area contributed by atoms with Gasteiger partial charge in [-0.25, -0.2) is 4.79 Å². The molecular weight excluding hydrogens is 258 g/mol. The van der Waals surface area contributed by atoms with Crippen molar-refractivity contribution in [2.45, 2.75) is 31.2 Å². The molecule has 110 valence electrons. The highest BCUT2D eigenvalue weighted by atomic mass is 16.5. The second-order valence-corrected chi connectivity index (χ2v) is 5.67. The number of hydrogen-bond donors (Lipinski definition) is 2. The predicted molar refractivity (Wildman–Crippen MR) is 73.2 cm³/mol. The van der Waals surface area contributed by atoms with Gasteiger partial charge >= 0.3 is 6.03 Å². The second kappa shape index (κ2) is 5.46. The van der Waals surface area contributed by atoms with Crippen LogP contribution in [0.15, 0.2) is 22.8 Å². The minimum Gasteiger partial charge on any atom is -0.467 e. The summed E-state index contributed by atoms with van der Waals surface area (Å²) in [5, 5.41) is 5.89. The summed E-state index contributed by atoms with van der Waals surface area (Å²) >= 11 is 0. The van der Waals surface area contributed by atoms with Crippen molar-refractivity contribution < 1.29 is 13.9 Å². The van der Waals surface area contributed by atoms with Gasteiger partial charge in [0.05, 0.1) is 31.0 Å². The predicted octanol–water partition coefficient (Wildman–Crippen LogP) is 0.796. The first-order chi connectivity index (χ1) is 9.66. The van der Waals surface area contributed by atoms with Gasteiger partial charge in [0.1, 0.15) is 5.76 Å². The highest BCUT2D eigenvalue weighted by molar-refractivity contribution is 5.74. The summed E-state index contributed by atoms with van der Waals surface area (Å²) in [6, 6.07) is 3.92. The van der Waals surface area contributed by atoms with E-state index in [0.717, 1.165) is 18.8 Å².